The van der Waals surface area contributed by atoms with Gasteiger partial charge in [-0.3, -0.25) is 0 Å². The molecular formula is C7H7CdN5. The first-order valence-corrected chi connectivity index (χ1v) is 3.46. The summed E-state index contributed by atoms with van der Waals surface area (Å²) in [6, 6.07) is 7.36. The Hall–Kier alpha value is -0.988. The van der Waals surface area contributed by atoms with Crippen LogP contribution in [-0.2, 0) is 27.3 Å². The van der Waals surface area contributed by atoms with Gasteiger partial charge < -0.3 is 5.73 Å². The van der Waals surface area contributed by atoms with Crippen molar-refractivity contribution in [2.75, 3.05) is 5.73 Å². The minimum Gasteiger partial charge on any atom is -0.399 e. The molecule has 5 nitrogen and oxygen atoms in total. The van der Waals surface area contributed by atoms with E-state index in [0.717, 1.165) is 5.56 Å². The summed E-state index contributed by atoms with van der Waals surface area (Å²) in [6.45, 7) is 0. The third kappa shape index (κ3) is 2.23. The number of benzene rings is 1. The fraction of sp³-hybridized carbons (Fsp3) is 0. The van der Waals surface area contributed by atoms with Crippen LogP contribution in [0.2, 0.25) is 0 Å². The molecule has 0 aliphatic carbocycles. The maximum atomic E-state index is 5.58. The molecule has 0 aliphatic heterocycles. The maximum absolute atomic E-state index is 5.58. The molecule has 62 valence electrons. The minimum atomic E-state index is 0. The molecule has 0 radical (unpaired) electrons. The van der Waals surface area contributed by atoms with Crippen LogP contribution in [0.1, 0.15) is 0 Å². The SMILES string of the molecule is Nc1cccc(-c2nnn[nH]2)c1.[Cd]. The van der Waals surface area contributed by atoms with Crippen LogP contribution in [-0.4, -0.2) is 20.6 Å². The van der Waals surface area contributed by atoms with Gasteiger partial charge in [-0.25, -0.2) is 5.10 Å². The van der Waals surface area contributed by atoms with Gasteiger partial charge in [0, 0.05) is 38.5 Å². The molecule has 0 atom stereocenters. The fourth-order valence-corrected chi connectivity index (χ4v) is 0.967. The Balaban J connectivity index is 0.000000845. The second-order valence-electron chi connectivity index (χ2n) is 2.38. The van der Waals surface area contributed by atoms with E-state index in [0.29, 0.717) is 11.5 Å². The van der Waals surface area contributed by atoms with E-state index in [4.69, 9.17) is 5.73 Å². The number of nitrogen functional groups attached to an aromatic ring is 1. The van der Waals surface area contributed by atoms with Gasteiger partial charge >= 0.3 is 0 Å². The third-order valence-electron chi connectivity index (χ3n) is 1.51. The molecule has 0 bridgehead atoms. The van der Waals surface area contributed by atoms with Crippen LogP contribution in [0.15, 0.2) is 24.3 Å². The van der Waals surface area contributed by atoms with Crippen LogP contribution in [0.4, 0.5) is 5.69 Å². The van der Waals surface area contributed by atoms with Crippen LogP contribution < -0.4 is 5.73 Å². The van der Waals surface area contributed by atoms with E-state index in [9.17, 15) is 0 Å². The van der Waals surface area contributed by atoms with Crippen LogP contribution in [0.5, 0.6) is 0 Å². The Morgan fingerprint density at radius 3 is 2.77 bits per heavy atom. The zero-order valence-corrected chi connectivity index (χ0v) is 11.0. The Kier molecular flexibility index (Phi) is 3.34. The maximum Gasteiger partial charge on any atom is 0.179 e. The molecule has 1 heterocycles. The Morgan fingerprint density at radius 2 is 2.15 bits per heavy atom. The van der Waals surface area contributed by atoms with E-state index in [1.165, 1.54) is 0 Å². The first-order chi connectivity index (χ1) is 5.86. The zero-order valence-electron chi connectivity index (χ0n) is 6.94. The van der Waals surface area contributed by atoms with Gasteiger partial charge in [0.05, 0.1) is 0 Å². The van der Waals surface area contributed by atoms with Gasteiger partial charge in [0.15, 0.2) is 5.82 Å². The van der Waals surface area contributed by atoms with Gasteiger partial charge in [-0.2, -0.15) is 0 Å². The molecule has 0 unspecified atom stereocenters. The monoisotopic (exact) mass is 275 g/mol. The smallest absolute Gasteiger partial charge is 0.179 e. The molecule has 1 aromatic carbocycles. The summed E-state index contributed by atoms with van der Waals surface area (Å²) in [5.74, 6) is 0.627. The summed E-state index contributed by atoms with van der Waals surface area (Å²) >= 11 is 0. The molecule has 2 aromatic rings. The van der Waals surface area contributed by atoms with Gasteiger partial charge in [-0.05, 0) is 22.6 Å². The molecule has 13 heavy (non-hydrogen) atoms. The molecule has 6 heteroatoms. The Labute approximate surface area is 94.9 Å². The fourth-order valence-electron chi connectivity index (χ4n) is 0.967. The third-order valence-corrected chi connectivity index (χ3v) is 1.51. The van der Waals surface area contributed by atoms with Gasteiger partial charge in [-0.15, -0.1) is 5.10 Å². The Morgan fingerprint density at radius 1 is 1.31 bits per heavy atom. The van der Waals surface area contributed by atoms with Gasteiger partial charge in [0.1, 0.15) is 0 Å². The second kappa shape index (κ2) is 4.31. The van der Waals surface area contributed by atoms with E-state index in [2.05, 4.69) is 20.6 Å². The van der Waals surface area contributed by atoms with Crippen LogP contribution >= 0.6 is 0 Å². The van der Waals surface area contributed by atoms with Gasteiger partial charge in [-0.1, -0.05) is 12.1 Å². The van der Waals surface area contributed by atoms with E-state index in [1.807, 2.05) is 24.3 Å². The average Bonchev–Trinajstić information content (AvgIpc) is 2.56. The number of aromatic nitrogens is 4. The molecule has 1 aromatic heterocycles. The average molecular weight is 274 g/mol. The largest absolute Gasteiger partial charge is 0.399 e. The van der Waals surface area contributed by atoms with Crippen molar-refractivity contribution < 1.29 is 27.3 Å². The predicted molar refractivity (Wildman–Crippen MR) is 44.0 cm³/mol. The minimum absolute atomic E-state index is 0. The molecular weight excluding hydrogens is 267 g/mol. The summed E-state index contributed by atoms with van der Waals surface area (Å²) in [5, 5.41) is 13.3. The normalized spacial score (nSPS) is 9.23. The molecule has 2 rings (SSSR count). The van der Waals surface area contributed by atoms with Crippen molar-refractivity contribution >= 4 is 5.69 Å². The van der Waals surface area contributed by atoms with E-state index in [1.54, 1.807) is 0 Å². The standard InChI is InChI=1S/C7H7N5.Cd/c8-6-3-1-2-5(4-6)7-9-11-12-10-7;/h1-4H,8H2,(H,9,10,11,12);. The van der Waals surface area contributed by atoms with Crippen molar-refractivity contribution in [1.82, 2.24) is 20.6 Å². The second-order valence-corrected chi connectivity index (χ2v) is 2.38. The van der Waals surface area contributed by atoms with Crippen molar-refractivity contribution in [3.05, 3.63) is 24.3 Å². The number of hydrogen-bond donors (Lipinski definition) is 2. The molecule has 0 fully saturated rings. The Bertz CT molecular complexity index is 372. The van der Waals surface area contributed by atoms with Crippen molar-refractivity contribution in [2.45, 2.75) is 0 Å². The number of nitrogens with two attached hydrogens (primary N) is 1. The van der Waals surface area contributed by atoms with Gasteiger partial charge in [0.25, 0.3) is 0 Å². The number of nitrogens with zero attached hydrogens (tertiary/aromatic N) is 3. The van der Waals surface area contributed by atoms with Crippen molar-refractivity contribution in [3.8, 4) is 11.4 Å². The van der Waals surface area contributed by atoms with Crippen molar-refractivity contribution in [1.29, 1.82) is 0 Å². The predicted octanol–water partition coefficient (Wildman–Crippen LogP) is 0.446. The summed E-state index contributed by atoms with van der Waals surface area (Å²) < 4.78 is 0. The molecule has 3 N–H and O–H groups in total. The number of anilines is 1. The first-order valence-electron chi connectivity index (χ1n) is 3.46. The quantitative estimate of drug-likeness (QED) is 0.584. The number of tetrazole rings is 1. The molecule has 0 saturated heterocycles. The summed E-state index contributed by atoms with van der Waals surface area (Å²) in [7, 11) is 0. The number of nitrogens with one attached hydrogen (secondary N) is 1. The van der Waals surface area contributed by atoms with Gasteiger partial charge in [0.2, 0.25) is 0 Å². The topological polar surface area (TPSA) is 80.5 Å². The number of H-pyrrole nitrogens is 1. The number of aromatic amines is 1. The van der Waals surface area contributed by atoms with E-state index < -0.39 is 0 Å². The van der Waals surface area contributed by atoms with E-state index >= 15 is 0 Å². The van der Waals surface area contributed by atoms with E-state index in [-0.39, 0.29) is 27.3 Å². The van der Waals surface area contributed by atoms with Crippen molar-refractivity contribution in [2.24, 2.45) is 0 Å². The zero-order chi connectivity index (χ0) is 8.39. The van der Waals surface area contributed by atoms with Crippen LogP contribution in [0.25, 0.3) is 11.4 Å². The number of rotatable bonds is 1. The molecule has 0 amide bonds. The first kappa shape index (κ1) is 10.1. The summed E-state index contributed by atoms with van der Waals surface area (Å²) in [5.41, 5.74) is 7.17. The molecule has 0 saturated carbocycles. The van der Waals surface area contributed by atoms with Crippen LogP contribution in [0.3, 0.4) is 0 Å². The molecule has 0 aliphatic rings. The molecule has 0 spiro atoms. The summed E-state index contributed by atoms with van der Waals surface area (Å²) in [6.07, 6.45) is 0. The van der Waals surface area contributed by atoms with Crippen molar-refractivity contribution in [3.63, 3.8) is 0 Å². The summed E-state index contributed by atoms with van der Waals surface area (Å²) in [4.78, 5) is 0. The number of hydrogen-bond acceptors (Lipinski definition) is 4. The van der Waals surface area contributed by atoms with Crippen LogP contribution in [0, 0.1) is 0 Å².